The zero-order valence-electron chi connectivity index (χ0n) is 15.1. The van der Waals surface area contributed by atoms with Gasteiger partial charge in [-0.05, 0) is 36.8 Å². The molecule has 3 N–H and O–H groups in total. The predicted octanol–water partition coefficient (Wildman–Crippen LogP) is 2.59. The van der Waals surface area contributed by atoms with Gasteiger partial charge in [-0.25, -0.2) is 5.10 Å². The lowest BCUT2D eigenvalue weighted by atomic mass is 10.1. The Morgan fingerprint density at radius 1 is 0.964 bits per heavy atom. The first-order valence-electron chi connectivity index (χ1n) is 8.91. The summed E-state index contributed by atoms with van der Waals surface area (Å²) in [5, 5.41) is 12.0. The standard InChI is InChI=1S/C21H20N4O3/c26-19(10-5-13-22-21(28)15-6-2-1-3-7-15)23-17-9-4-8-16(14-17)18-11-12-20(27)25-24-18/h1-4,6-9,11-12,14H,5,10,13H2,(H,22,28)(H,23,26)(H,25,27). The van der Waals surface area contributed by atoms with Crippen LogP contribution in [-0.4, -0.2) is 28.6 Å². The summed E-state index contributed by atoms with van der Waals surface area (Å²) in [6, 6.07) is 19.2. The highest BCUT2D eigenvalue weighted by molar-refractivity contribution is 5.94. The summed E-state index contributed by atoms with van der Waals surface area (Å²) < 4.78 is 0. The van der Waals surface area contributed by atoms with E-state index in [1.165, 1.54) is 6.07 Å². The summed E-state index contributed by atoms with van der Waals surface area (Å²) in [5.74, 6) is -0.289. The summed E-state index contributed by atoms with van der Waals surface area (Å²) in [7, 11) is 0. The van der Waals surface area contributed by atoms with Crippen molar-refractivity contribution in [2.24, 2.45) is 0 Å². The maximum absolute atomic E-state index is 12.1. The highest BCUT2D eigenvalue weighted by atomic mass is 16.2. The van der Waals surface area contributed by atoms with Gasteiger partial charge in [-0.1, -0.05) is 30.3 Å². The van der Waals surface area contributed by atoms with Crippen molar-refractivity contribution in [3.63, 3.8) is 0 Å². The third kappa shape index (κ3) is 5.38. The quantitative estimate of drug-likeness (QED) is 0.551. The fourth-order valence-electron chi connectivity index (χ4n) is 2.63. The van der Waals surface area contributed by atoms with Crippen LogP contribution in [0.1, 0.15) is 23.2 Å². The first kappa shape index (κ1) is 19.0. The fourth-order valence-corrected chi connectivity index (χ4v) is 2.63. The van der Waals surface area contributed by atoms with E-state index in [4.69, 9.17) is 0 Å². The SMILES string of the molecule is O=C(CCCNC(=O)c1ccccc1)Nc1cccc(-c2ccc(=O)[nH]n2)c1. The van der Waals surface area contributed by atoms with Gasteiger partial charge in [0.2, 0.25) is 5.91 Å². The molecule has 0 saturated heterocycles. The molecule has 3 rings (SSSR count). The monoisotopic (exact) mass is 376 g/mol. The van der Waals surface area contributed by atoms with Crippen LogP contribution in [0.4, 0.5) is 5.69 Å². The number of benzene rings is 2. The van der Waals surface area contributed by atoms with Gasteiger partial charge < -0.3 is 10.6 Å². The number of nitrogens with zero attached hydrogens (tertiary/aromatic N) is 1. The highest BCUT2D eigenvalue weighted by Crippen LogP contribution is 2.19. The van der Waals surface area contributed by atoms with Crippen molar-refractivity contribution in [3.8, 4) is 11.3 Å². The summed E-state index contributed by atoms with van der Waals surface area (Å²) in [5.41, 5.74) is 2.36. The van der Waals surface area contributed by atoms with Crippen molar-refractivity contribution in [2.75, 3.05) is 11.9 Å². The summed E-state index contributed by atoms with van der Waals surface area (Å²) in [6.45, 7) is 0.419. The highest BCUT2D eigenvalue weighted by Gasteiger charge is 2.07. The predicted molar refractivity (Wildman–Crippen MR) is 107 cm³/mol. The van der Waals surface area contributed by atoms with Gasteiger partial charge in [0.1, 0.15) is 0 Å². The molecular weight excluding hydrogens is 356 g/mol. The average molecular weight is 376 g/mol. The lowest BCUT2D eigenvalue weighted by Crippen LogP contribution is -2.25. The number of hydrogen-bond acceptors (Lipinski definition) is 4. The van der Waals surface area contributed by atoms with Crippen LogP contribution in [0.2, 0.25) is 0 Å². The molecule has 142 valence electrons. The second-order valence-electron chi connectivity index (χ2n) is 6.16. The van der Waals surface area contributed by atoms with Crippen LogP contribution in [0, 0.1) is 0 Å². The van der Waals surface area contributed by atoms with E-state index in [1.54, 1.807) is 48.5 Å². The first-order chi connectivity index (χ1) is 13.6. The van der Waals surface area contributed by atoms with Gasteiger partial charge in [0.25, 0.3) is 11.5 Å². The maximum atomic E-state index is 12.1. The number of hydrogen-bond donors (Lipinski definition) is 3. The molecule has 3 aromatic rings. The van der Waals surface area contributed by atoms with Crippen molar-refractivity contribution < 1.29 is 9.59 Å². The topological polar surface area (TPSA) is 104 Å². The minimum atomic E-state index is -0.271. The largest absolute Gasteiger partial charge is 0.352 e. The summed E-state index contributed by atoms with van der Waals surface area (Å²) in [4.78, 5) is 35.2. The van der Waals surface area contributed by atoms with E-state index in [0.29, 0.717) is 29.9 Å². The lowest BCUT2D eigenvalue weighted by Gasteiger charge is -2.08. The molecule has 7 heteroatoms. The molecule has 0 bridgehead atoms. The maximum Gasteiger partial charge on any atom is 0.264 e. The smallest absolute Gasteiger partial charge is 0.264 e. The molecule has 28 heavy (non-hydrogen) atoms. The zero-order chi connectivity index (χ0) is 19.8. The summed E-state index contributed by atoms with van der Waals surface area (Å²) in [6.07, 6.45) is 0.821. The minimum Gasteiger partial charge on any atom is -0.352 e. The van der Waals surface area contributed by atoms with Crippen LogP contribution >= 0.6 is 0 Å². The molecule has 0 aliphatic carbocycles. The Labute approximate surface area is 161 Å². The number of anilines is 1. The van der Waals surface area contributed by atoms with Crippen molar-refractivity contribution >= 4 is 17.5 Å². The van der Waals surface area contributed by atoms with Gasteiger partial charge in [-0.2, -0.15) is 5.10 Å². The normalized spacial score (nSPS) is 10.3. The van der Waals surface area contributed by atoms with Gasteiger partial charge >= 0.3 is 0 Å². The molecule has 0 spiro atoms. The van der Waals surface area contributed by atoms with E-state index >= 15 is 0 Å². The zero-order valence-corrected chi connectivity index (χ0v) is 15.1. The van der Waals surface area contributed by atoms with Crippen LogP contribution in [0.5, 0.6) is 0 Å². The molecule has 0 aliphatic rings. The Morgan fingerprint density at radius 3 is 2.54 bits per heavy atom. The second-order valence-corrected chi connectivity index (χ2v) is 6.16. The number of aromatic nitrogens is 2. The molecule has 7 nitrogen and oxygen atoms in total. The van der Waals surface area contributed by atoms with E-state index in [-0.39, 0.29) is 23.8 Å². The van der Waals surface area contributed by atoms with Gasteiger partial charge in [-0.15, -0.1) is 0 Å². The molecule has 0 saturated carbocycles. The number of H-pyrrole nitrogens is 1. The van der Waals surface area contributed by atoms with Crippen molar-refractivity contribution in [2.45, 2.75) is 12.8 Å². The minimum absolute atomic E-state index is 0.138. The number of amides is 2. The lowest BCUT2D eigenvalue weighted by molar-refractivity contribution is -0.116. The molecule has 2 amide bonds. The molecule has 0 aliphatic heterocycles. The Kier molecular flexibility index (Phi) is 6.30. The van der Waals surface area contributed by atoms with Crippen molar-refractivity contribution in [1.82, 2.24) is 15.5 Å². The Bertz CT molecular complexity index is 995. The number of aromatic amines is 1. The third-order valence-corrected chi connectivity index (χ3v) is 4.02. The molecule has 0 unspecified atom stereocenters. The van der Waals surface area contributed by atoms with E-state index in [1.807, 2.05) is 12.1 Å². The number of carbonyl (C=O) groups is 2. The van der Waals surface area contributed by atoms with E-state index < -0.39 is 0 Å². The molecule has 0 fully saturated rings. The molecule has 0 radical (unpaired) electrons. The van der Waals surface area contributed by atoms with Crippen LogP contribution < -0.4 is 16.2 Å². The molecular formula is C21H20N4O3. The first-order valence-corrected chi connectivity index (χ1v) is 8.91. The fraction of sp³-hybridized carbons (Fsp3) is 0.143. The molecule has 1 aromatic heterocycles. The third-order valence-electron chi connectivity index (χ3n) is 4.02. The summed E-state index contributed by atoms with van der Waals surface area (Å²) >= 11 is 0. The van der Waals surface area contributed by atoms with Crippen LogP contribution in [-0.2, 0) is 4.79 Å². The Morgan fingerprint density at radius 2 is 1.79 bits per heavy atom. The second kappa shape index (κ2) is 9.27. The van der Waals surface area contributed by atoms with Gasteiger partial charge in [0, 0.05) is 35.8 Å². The van der Waals surface area contributed by atoms with Gasteiger partial charge in [-0.3, -0.25) is 14.4 Å². The molecule has 2 aromatic carbocycles. The number of rotatable bonds is 7. The van der Waals surface area contributed by atoms with Crippen LogP contribution in [0.3, 0.4) is 0 Å². The van der Waals surface area contributed by atoms with E-state index in [0.717, 1.165) is 5.56 Å². The van der Waals surface area contributed by atoms with E-state index in [9.17, 15) is 14.4 Å². The Hall–Kier alpha value is -3.74. The number of carbonyl (C=O) groups excluding carboxylic acids is 2. The van der Waals surface area contributed by atoms with Gasteiger partial charge in [0.05, 0.1) is 5.69 Å². The van der Waals surface area contributed by atoms with Crippen LogP contribution in [0.15, 0.2) is 71.5 Å². The average Bonchev–Trinajstić information content (AvgIpc) is 2.72. The van der Waals surface area contributed by atoms with Crippen molar-refractivity contribution in [1.29, 1.82) is 0 Å². The van der Waals surface area contributed by atoms with E-state index in [2.05, 4.69) is 20.8 Å². The molecule has 0 atom stereocenters. The van der Waals surface area contributed by atoms with Crippen molar-refractivity contribution in [3.05, 3.63) is 82.6 Å². The van der Waals surface area contributed by atoms with Crippen LogP contribution in [0.25, 0.3) is 11.3 Å². The molecule has 1 heterocycles. The Balaban J connectivity index is 1.47. The van der Waals surface area contributed by atoms with Gasteiger partial charge in [0.15, 0.2) is 0 Å². The number of nitrogens with one attached hydrogen (secondary N) is 3.